The zero-order valence-electron chi connectivity index (χ0n) is 13.8. The Kier molecular flexibility index (Phi) is 4.57. The Balaban J connectivity index is 1.81. The number of likely N-dealkylation sites (tertiary alicyclic amines) is 1. The second kappa shape index (κ2) is 6.45. The number of hydrogen-bond acceptors (Lipinski definition) is 2. The van der Waals surface area contributed by atoms with Crippen molar-refractivity contribution in [2.24, 2.45) is 5.92 Å². The molecule has 4 heteroatoms. The highest BCUT2D eigenvalue weighted by Gasteiger charge is 2.29. The fourth-order valence-corrected chi connectivity index (χ4v) is 4.23. The smallest absolute Gasteiger partial charge is 0.255 e. The summed E-state index contributed by atoms with van der Waals surface area (Å²) in [6.07, 6.45) is 7.34. The van der Waals surface area contributed by atoms with Crippen molar-refractivity contribution in [3.05, 3.63) is 23.0 Å². The molecule has 1 aliphatic carbocycles. The van der Waals surface area contributed by atoms with Crippen LogP contribution in [0, 0.1) is 19.8 Å². The van der Waals surface area contributed by atoms with Gasteiger partial charge in [0.25, 0.3) is 5.91 Å². The summed E-state index contributed by atoms with van der Waals surface area (Å²) >= 11 is 0. The van der Waals surface area contributed by atoms with E-state index in [1.165, 1.54) is 37.8 Å². The molecule has 3 rings (SSSR count). The molecule has 1 saturated heterocycles. The second-order valence-electron chi connectivity index (χ2n) is 7.04. The summed E-state index contributed by atoms with van der Waals surface area (Å²) in [6, 6.07) is 2.64. The third kappa shape index (κ3) is 2.81. The first kappa shape index (κ1) is 15.6. The second-order valence-corrected chi connectivity index (χ2v) is 7.04. The third-order valence-electron chi connectivity index (χ3n) is 5.49. The number of hydrogen-bond donors (Lipinski definition) is 1. The van der Waals surface area contributed by atoms with Crippen molar-refractivity contribution in [3.8, 4) is 0 Å². The summed E-state index contributed by atoms with van der Waals surface area (Å²) in [4.78, 5) is 14.7. The van der Waals surface area contributed by atoms with E-state index < -0.39 is 0 Å². The molecule has 0 aromatic carbocycles. The lowest BCUT2D eigenvalue weighted by atomic mass is 9.95. The highest BCUT2D eigenvalue weighted by atomic mass is 16.3. The van der Waals surface area contributed by atoms with Crippen LogP contribution in [0.15, 0.2) is 6.07 Å². The summed E-state index contributed by atoms with van der Waals surface area (Å²) in [6.45, 7) is 5.87. The third-order valence-corrected chi connectivity index (χ3v) is 5.49. The summed E-state index contributed by atoms with van der Waals surface area (Å²) in [5.74, 6) is 0.400. The number of carbonyl (C=O) groups is 1. The molecular weight excluding hydrogens is 276 g/mol. The van der Waals surface area contributed by atoms with Crippen LogP contribution in [0.25, 0.3) is 0 Å². The minimum absolute atomic E-state index is 0.145. The van der Waals surface area contributed by atoms with E-state index in [1.54, 1.807) is 0 Å². The molecule has 0 bridgehead atoms. The highest BCUT2D eigenvalue weighted by Crippen LogP contribution is 2.32. The Morgan fingerprint density at radius 3 is 2.59 bits per heavy atom. The molecule has 1 aromatic rings. The normalized spacial score (nSPS) is 23.2. The van der Waals surface area contributed by atoms with E-state index in [1.807, 2.05) is 4.90 Å². The fourth-order valence-electron chi connectivity index (χ4n) is 4.23. The minimum Gasteiger partial charge on any atom is -0.396 e. The molecule has 1 atom stereocenters. The standard InChI is InChI=1S/C18H28N2O2/c1-13-10-17(18(22)19-9-8-15(11-19)12-21)14(2)20(13)16-6-4-3-5-7-16/h10,15-16,21H,3-9,11-12H2,1-2H3. The van der Waals surface area contributed by atoms with Gasteiger partial charge < -0.3 is 14.6 Å². The summed E-state index contributed by atoms with van der Waals surface area (Å²) in [7, 11) is 0. The zero-order chi connectivity index (χ0) is 15.7. The molecule has 0 spiro atoms. The number of amides is 1. The maximum atomic E-state index is 12.8. The topological polar surface area (TPSA) is 45.5 Å². The lowest BCUT2D eigenvalue weighted by Gasteiger charge is -2.26. The van der Waals surface area contributed by atoms with E-state index >= 15 is 0 Å². The Hall–Kier alpha value is -1.29. The molecule has 1 N–H and O–H groups in total. The molecule has 4 nitrogen and oxygen atoms in total. The van der Waals surface area contributed by atoms with Gasteiger partial charge in [0.05, 0.1) is 5.56 Å². The van der Waals surface area contributed by atoms with Gasteiger partial charge in [-0.25, -0.2) is 0 Å². The van der Waals surface area contributed by atoms with Crippen molar-refractivity contribution < 1.29 is 9.90 Å². The van der Waals surface area contributed by atoms with Crippen LogP contribution in [-0.2, 0) is 0 Å². The van der Waals surface area contributed by atoms with Gasteiger partial charge in [-0.3, -0.25) is 4.79 Å². The van der Waals surface area contributed by atoms with E-state index in [0.29, 0.717) is 12.6 Å². The molecule has 2 heterocycles. The lowest BCUT2D eigenvalue weighted by molar-refractivity contribution is 0.0781. The first-order valence-corrected chi connectivity index (χ1v) is 8.70. The van der Waals surface area contributed by atoms with Crippen LogP contribution in [0.3, 0.4) is 0 Å². The Labute approximate surface area is 133 Å². The predicted octanol–water partition coefficient (Wildman–Crippen LogP) is 3.06. The zero-order valence-corrected chi connectivity index (χ0v) is 13.8. The van der Waals surface area contributed by atoms with Crippen molar-refractivity contribution >= 4 is 5.91 Å². The van der Waals surface area contributed by atoms with Gasteiger partial charge in [-0.2, -0.15) is 0 Å². The van der Waals surface area contributed by atoms with Crippen LogP contribution < -0.4 is 0 Å². The SMILES string of the molecule is Cc1cc(C(=O)N2CCC(CO)C2)c(C)n1C1CCCCC1. The Bertz CT molecular complexity index is 544. The van der Waals surface area contributed by atoms with E-state index in [2.05, 4.69) is 24.5 Å². The average molecular weight is 304 g/mol. The monoisotopic (exact) mass is 304 g/mol. The summed E-state index contributed by atoms with van der Waals surface area (Å²) in [5.41, 5.74) is 3.20. The van der Waals surface area contributed by atoms with Gasteiger partial charge in [-0.15, -0.1) is 0 Å². The van der Waals surface area contributed by atoms with Crippen LogP contribution in [-0.4, -0.2) is 40.2 Å². The van der Waals surface area contributed by atoms with Crippen molar-refractivity contribution in [1.29, 1.82) is 0 Å². The number of aryl methyl sites for hydroxylation is 1. The largest absolute Gasteiger partial charge is 0.396 e. The molecule has 1 aromatic heterocycles. The molecule has 1 amide bonds. The molecule has 122 valence electrons. The van der Waals surface area contributed by atoms with Gasteiger partial charge in [0.1, 0.15) is 0 Å². The fraction of sp³-hybridized carbons (Fsp3) is 0.722. The van der Waals surface area contributed by atoms with Crippen LogP contribution in [0.5, 0.6) is 0 Å². The molecule has 1 unspecified atom stereocenters. The Morgan fingerprint density at radius 2 is 1.95 bits per heavy atom. The molecular formula is C18H28N2O2. The van der Waals surface area contributed by atoms with Crippen molar-refractivity contribution in [3.63, 3.8) is 0 Å². The molecule has 0 radical (unpaired) electrons. The van der Waals surface area contributed by atoms with Gasteiger partial charge in [0.2, 0.25) is 0 Å². The van der Waals surface area contributed by atoms with Crippen molar-refractivity contribution in [2.75, 3.05) is 19.7 Å². The van der Waals surface area contributed by atoms with E-state index in [0.717, 1.165) is 24.2 Å². The number of aromatic nitrogens is 1. The minimum atomic E-state index is 0.145. The van der Waals surface area contributed by atoms with Crippen LogP contribution in [0.2, 0.25) is 0 Å². The maximum absolute atomic E-state index is 12.8. The number of aliphatic hydroxyl groups excluding tert-OH is 1. The molecule has 1 aliphatic heterocycles. The highest BCUT2D eigenvalue weighted by molar-refractivity contribution is 5.96. The van der Waals surface area contributed by atoms with E-state index in [9.17, 15) is 9.90 Å². The number of nitrogens with zero attached hydrogens (tertiary/aromatic N) is 2. The number of rotatable bonds is 3. The van der Waals surface area contributed by atoms with E-state index in [4.69, 9.17) is 0 Å². The van der Waals surface area contributed by atoms with Crippen LogP contribution >= 0.6 is 0 Å². The lowest BCUT2D eigenvalue weighted by Crippen LogP contribution is -2.29. The van der Waals surface area contributed by atoms with Crippen molar-refractivity contribution in [1.82, 2.24) is 9.47 Å². The maximum Gasteiger partial charge on any atom is 0.255 e. The molecule has 2 fully saturated rings. The van der Waals surface area contributed by atoms with Crippen LogP contribution in [0.1, 0.15) is 66.3 Å². The quantitative estimate of drug-likeness (QED) is 0.933. The van der Waals surface area contributed by atoms with E-state index in [-0.39, 0.29) is 18.4 Å². The van der Waals surface area contributed by atoms with Gasteiger partial charge in [-0.1, -0.05) is 19.3 Å². The van der Waals surface area contributed by atoms with Gasteiger partial charge >= 0.3 is 0 Å². The first-order chi connectivity index (χ1) is 10.6. The van der Waals surface area contributed by atoms with Gasteiger partial charge in [-0.05, 0) is 39.2 Å². The number of carbonyl (C=O) groups excluding carboxylic acids is 1. The average Bonchev–Trinajstić information content (AvgIpc) is 3.12. The van der Waals surface area contributed by atoms with Gasteiger partial charge in [0, 0.05) is 43.0 Å². The van der Waals surface area contributed by atoms with Gasteiger partial charge in [0.15, 0.2) is 0 Å². The summed E-state index contributed by atoms with van der Waals surface area (Å²) in [5, 5.41) is 9.27. The van der Waals surface area contributed by atoms with Crippen LogP contribution in [0.4, 0.5) is 0 Å². The Morgan fingerprint density at radius 1 is 1.23 bits per heavy atom. The number of aliphatic hydroxyl groups is 1. The predicted molar refractivity (Wildman–Crippen MR) is 87.1 cm³/mol. The molecule has 2 aliphatic rings. The molecule has 22 heavy (non-hydrogen) atoms. The summed E-state index contributed by atoms with van der Waals surface area (Å²) < 4.78 is 2.39. The van der Waals surface area contributed by atoms with Crippen molar-refractivity contribution in [2.45, 2.75) is 58.4 Å². The first-order valence-electron chi connectivity index (χ1n) is 8.70. The molecule has 1 saturated carbocycles.